The van der Waals surface area contributed by atoms with Crippen LogP contribution in [0.1, 0.15) is 58.1 Å². The number of hydrogen-bond acceptors (Lipinski definition) is 18. The van der Waals surface area contributed by atoms with Crippen LogP contribution < -0.4 is 58.5 Å². The molecular weight excluding hydrogens is 1230 g/mol. The van der Waals surface area contributed by atoms with Crippen molar-refractivity contribution < 1.29 is 89.5 Å². The molecule has 458 valence electrons. The second-order valence-corrected chi connectivity index (χ2v) is 20.9. The molecule has 0 fully saturated rings. The molecule has 3 unspecified atom stereocenters. The number of halogens is 1. The minimum atomic E-state index is -4.82. The highest BCUT2D eigenvalue weighted by Crippen LogP contribution is 2.13. The van der Waals surface area contributed by atoms with Gasteiger partial charge in [0.1, 0.15) is 30.5 Å². The second-order valence-electron chi connectivity index (χ2n) is 18.5. The maximum Gasteiger partial charge on any atom is 0.367 e. The van der Waals surface area contributed by atoms with E-state index in [1.807, 2.05) is 0 Å². The molecule has 0 aliphatic heterocycles. The average molecular weight is 1300 g/mol. The fraction of sp³-hybridized carbons (Fsp3) is 0.490. The molecular formula is C51H72IN11O19S. The summed E-state index contributed by atoms with van der Waals surface area (Å²) in [6.45, 7) is 4.57. The van der Waals surface area contributed by atoms with Gasteiger partial charge in [-0.05, 0) is 57.4 Å². The number of amides is 11. The van der Waals surface area contributed by atoms with E-state index in [1.165, 1.54) is 43.4 Å². The van der Waals surface area contributed by atoms with Crippen molar-refractivity contribution in [3.8, 4) is 0 Å². The first-order valence-electron chi connectivity index (χ1n) is 25.6. The highest BCUT2D eigenvalue weighted by molar-refractivity contribution is 14.1. The Labute approximate surface area is 492 Å². The molecule has 83 heavy (non-hydrogen) atoms. The number of ether oxygens (including phenoxy) is 4. The van der Waals surface area contributed by atoms with E-state index in [1.54, 1.807) is 61.5 Å². The van der Waals surface area contributed by atoms with Crippen LogP contribution in [0.2, 0.25) is 0 Å². The Hall–Kier alpha value is -7.82. The molecule has 0 bridgehead atoms. The van der Waals surface area contributed by atoms with Crippen molar-refractivity contribution in [2.24, 2.45) is 0 Å². The zero-order valence-corrected chi connectivity index (χ0v) is 49.3. The van der Waals surface area contributed by atoms with Crippen LogP contribution >= 0.6 is 22.6 Å². The van der Waals surface area contributed by atoms with Crippen LogP contribution in [0.4, 0.5) is 15.3 Å². The van der Waals surface area contributed by atoms with Gasteiger partial charge in [0.05, 0.1) is 80.6 Å². The molecule has 0 aromatic heterocycles. The van der Waals surface area contributed by atoms with E-state index in [0.29, 0.717) is 23.4 Å². The van der Waals surface area contributed by atoms with Crippen molar-refractivity contribution in [1.29, 1.82) is 0 Å². The number of carbonyl (C=O) groups excluding carboxylic acids is 12. The summed E-state index contributed by atoms with van der Waals surface area (Å²) in [6, 6.07) is 9.87. The number of hydrogen-bond donors (Lipinski definition) is 12. The third-order valence-electron chi connectivity index (χ3n) is 10.8. The Balaban J connectivity index is 1.92. The van der Waals surface area contributed by atoms with Gasteiger partial charge >= 0.3 is 16.0 Å². The van der Waals surface area contributed by atoms with Crippen LogP contribution in [-0.2, 0) is 90.0 Å². The summed E-state index contributed by atoms with van der Waals surface area (Å²) < 4.78 is 52.9. The minimum Gasteiger partial charge on any atom is -0.466 e. The van der Waals surface area contributed by atoms with Crippen LogP contribution in [0, 0.1) is 0 Å². The number of urea groups is 1. The number of rotatable bonds is 37. The van der Waals surface area contributed by atoms with Gasteiger partial charge in [0.15, 0.2) is 0 Å². The van der Waals surface area contributed by atoms with Crippen LogP contribution in [-0.4, -0.2) is 184 Å². The smallest absolute Gasteiger partial charge is 0.367 e. The van der Waals surface area contributed by atoms with Gasteiger partial charge in [0.2, 0.25) is 53.2 Å². The standard InChI is InChI=1S/C51H72IN11O19S/c1-6-80-23-22-54-46(71)36(60-41(66)24-32(2)82-31-51(3,4)63-48(73)38(30-83(76,77)78)62-50(75)55-21-20-53-39(64)18-19-45(70)79-5)16-17-40(65)56-26-42(67)57-27-44(69)61-37(25-33-10-8-7-9-11-33)47(72)58-28-43(68)59-35-14-12-34(13-15-35)29-81-49(52)74/h7-15,18-19,32,36-38H,6,16-17,20-31H2,1-5H3,(H,53,64)(H,54,71)(H,56,65)(H,57,67)(H,58,72)(H,59,68)(H,60,66)(H,61,69)(H,63,73)(H2,55,62,75)(H,76,77,78)/b19-18-/t32?,36?,37-,38?/m0/s1. The first kappa shape index (κ1) is 71.3. The van der Waals surface area contributed by atoms with Crippen LogP contribution in [0.25, 0.3) is 0 Å². The molecule has 0 spiro atoms. The quantitative estimate of drug-likeness (QED) is 0.00894. The SMILES string of the molecule is CCOCCNC(=O)C(CCC(=O)NCC(=O)NCC(=O)N[C@@H](Cc1ccccc1)C(=O)NCC(=O)Nc1ccc(COC(=O)I)cc1)NC(=O)CC(C)OCC(C)(C)NC(=O)C(CS(=O)(=O)O)NC(=O)NCCNC(=O)/C=C\C(=O)OC. The summed E-state index contributed by atoms with van der Waals surface area (Å²) in [4.78, 5) is 151. The van der Waals surface area contributed by atoms with Gasteiger partial charge < -0.3 is 77.4 Å². The minimum absolute atomic E-state index is 0.0263. The third-order valence-corrected chi connectivity index (χ3v) is 11.9. The molecule has 32 heteroatoms. The Bertz CT molecular complexity index is 2680. The lowest BCUT2D eigenvalue weighted by Crippen LogP contribution is -2.58. The fourth-order valence-electron chi connectivity index (χ4n) is 6.81. The largest absolute Gasteiger partial charge is 0.466 e. The lowest BCUT2D eigenvalue weighted by atomic mass is 10.1. The molecule has 0 aliphatic rings. The Morgan fingerprint density at radius 3 is 1.95 bits per heavy atom. The van der Waals surface area contributed by atoms with Gasteiger partial charge in [-0.3, -0.25) is 47.7 Å². The van der Waals surface area contributed by atoms with Crippen LogP contribution in [0.3, 0.4) is 0 Å². The molecule has 11 amide bonds. The summed E-state index contributed by atoms with van der Waals surface area (Å²) >= 11 is 1.50. The maximum absolute atomic E-state index is 13.3. The number of carbonyl (C=O) groups is 12. The average Bonchev–Trinajstić information content (AvgIpc) is 3.44. The zero-order chi connectivity index (χ0) is 62.0. The van der Waals surface area contributed by atoms with Gasteiger partial charge in [-0.2, -0.15) is 8.42 Å². The van der Waals surface area contributed by atoms with Crippen molar-refractivity contribution in [1.82, 2.24) is 53.2 Å². The van der Waals surface area contributed by atoms with Crippen LogP contribution in [0.15, 0.2) is 66.7 Å². The fourth-order valence-corrected chi connectivity index (χ4v) is 7.62. The molecule has 2 rings (SSSR count). The lowest BCUT2D eigenvalue weighted by molar-refractivity contribution is -0.135. The van der Waals surface area contributed by atoms with Crippen LogP contribution in [0.5, 0.6) is 0 Å². The first-order valence-corrected chi connectivity index (χ1v) is 28.3. The van der Waals surface area contributed by atoms with E-state index in [9.17, 15) is 70.5 Å². The Morgan fingerprint density at radius 1 is 0.675 bits per heavy atom. The van der Waals surface area contributed by atoms with E-state index in [-0.39, 0.29) is 65.1 Å². The molecule has 12 N–H and O–H groups in total. The van der Waals surface area contributed by atoms with E-state index in [0.717, 1.165) is 19.3 Å². The Kier molecular flexibility index (Phi) is 32.7. The summed E-state index contributed by atoms with van der Waals surface area (Å²) in [6.07, 6.45) is -0.0126. The molecule has 0 saturated carbocycles. The van der Waals surface area contributed by atoms with Gasteiger partial charge in [-0.15, -0.1) is 0 Å². The highest BCUT2D eigenvalue weighted by Gasteiger charge is 2.32. The van der Waals surface area contributed by atoms with Gasteiger partial charge in [-0.25, -0.2) is 14.4 Å². The van der Waals surface area contributed by atoms with E-state index in [2.05, 4.69) is 63.2 Å². The van der Waals surface area contributed by atoms with Gasteiger partial charge in [0, 0.05) is 56.9 Å². The second kappa shape index (κ2) is 38.0. The number of nitrogens with one attached hydrogen (secondary N) is 11. The molecule has 30 nitrogen and oxygen atoms in total. The number of benzene rings is 2. The molecule has 0 aliphatic carbocycles. The summed E-state index contributed by atoms with van der Waals surface area (Å²) in [5.41, 5.74) is 0.495. The highest BCUT2D eigenvalue weighted by atomic mass is 127. The third kappa shape index (κ3) is 33.6. The van der Waals surface area contributed by atoms with E-state index >= 15 is 0 Å². The first-order chi connectivity index (χ1) is 39.2. The van der Waals surface area contributed by atoms with Crippen molar-refractivity contribution in [2.45, 2.75) is 89.8 Å². The monoisotopic (exact) mass is 1300 g/mol. The molecule has 0 saturated heterocycles. The molecule has 0 radical (unpaired) electrons. The molecule has 0 heterocycles. The maximum atomic E-state index is 13.3. The van der Waals surface area contributed by atoms with Crippen molar-refractivity contribution in [2.75, 3.05) is 77.3 Å². The van der Waals surface area contributed by atoms with Gasteiger partial charge in [-0.1, -0.05) is 42.5 Å². The van der Waals surface area contributed by atoms with Gasteiger partial charge in [0.25, 0.3) is 10.1 Å². The topological polar surface area (TPSA) is 428 Å². The number of anilines is 1. The summed E-state index contributed by atoms with van der Waals surface area (Å²) in [7, 11) is -3.70. The zero-order valence-electron chi connectivity index (χ0n) is 46.3. The van der Waals surface area contributed by atoms with E-state index < -0.39 is 134 Å². The molecule has 2 aromatic rings. The van der Waals surface area contributed by atoms with Crippen molar-refractivity contribution >= 4 is 108 Å². The predicted octanol–water partition coefficient (Wildman–Crippen LogP) is -1.72. The summed E-state index contributed by atoms with van der Waals surface area (Å²) in [5.74, 6) is -8.59. The predicted molar refractivity (Wildman–Crippen MR) is 304 cm³/mol. The Morgan fingerprint density at radius 2 is 1.30 bits per heavy atom. The van der Waals surface area contributed by atoms with Crippen molar-refractivity contribution in [3.63, 3.8) is 0 Å². The summed E-state index contributed by atoms with van der Waals surface area (Å²) in [5, 5.41) is 26.9. The molecule has 2 aromatic carbocycles. The number of esters is 1. The number of methoxy groups -OCH3 is 1. The lowest BCUT2D eigenvalue weighted by Gasteiger charge is -2.30. The normalized spacial score (nSPS) is 12.6. The van der Waals surface area contributed by atoms with E-state index in [4.69, 9.17) is 14.2 Å². The van der Waals surface area contributed by atoms with Crippen molar-refractivity contribution in [3.05, 3.63) is 77.9 Å². The molecule has 4 atom stereocenters.